The highest BCUT2D eigenvalue weighted by Crippen LogP contribution is 2.21. The van der Waals surface area contributed by atoms with Crippen LogP contribution in [0.25, 0.3) is 0 Å². The number of furan rings is 1. The van der Waals surface area contributed by atoms with Gasteiger partial charge < -0.3 is 24.8 Å². The molecule has 110 valence electrons. The molecule has 0 aliphatic carbocycles. The van der Waals surface area contributed by atoms with Crippen LogP contribution in [0, 0.1) is 0 Å². The molecule has 2 rings (SSSR count). The van der Waals surface area contributed by atoms with Crippen molar-refractivity contribution >= 4 is 17.7 Å². The average molecular weight is 290 g/mol. The summed E-state index contributed by atoms with van der Waals surface area (Å²) >= 11 is 0. The quantitative estimate of drug-likeness (QED) is 0.750. The molecule has 0 fully saturated rings. The van der Waals surface area contributed by atoms with E-state index in [1.54, 1.807) is 19.2 Å². The number of phenols is 1. The number of aromatic hydroxyl groups is 1. The normalized spacial score (nSPS) is 10.1. The minimum atomic E-state index is -1.27. The molecule has 0 bridgehead atoms. The first-order chi connectivity index (χ1) is 9.97. The standard InChI is InChI=1S/C14H14N2O5/c1-16(8-10-3-2-6-21-10)14(20)15-9-4-5-12(17)11(7-9)13(18)19/h2-7,17H,8H2,1H3,(H,15,20)(H,18,19). The van der Waals surface area contributed by atoms with Gasteiger partial charge in [0.05, 0.1) is 12.8 Å². The molecule has 2 aromatic rings. The van der Waals surface area contributed by atoms with Crippen LogP contribution in [0.3, 0.4) is 0 Å². The van der Waals surface area contributed by atoms with Crippen LogP contribution in [0.15, 0.2) is 41.0 Å². The predicted molar refractivity (Wildman–Crippen MR) is 74.3 cm³/mol. The molecule has 0 atom stereocenters. The number of rotatable bonds is 4. The lowest BCUT2D eigenvalue weighted by Crippen LogP contribution is -2.30. The SMILES string of the molecule is CN(Cc1ccco1)C(=O)Nc1ccc(O)c(C(=O)O)c1. The molecular weight excluding hydrogens is 276 g/mol. The number of benzene rings is 1. The van der Waals surface area contributed by atoms with E-state index < -0.39 is 12.0 Å². The molecule has 3 N–H and O–H groups in total. The molecule has 0 radical (unpaired) electrons. The molecule has 0 aliphatic heterocycles. The molecule has 0 saturated heterocycles. The van der Waals surface area contributed by atoms with E-state index in [1.165, 1.54) is 29.4 Å². The zero-order chi connectivity index (χ0) is 15.4. The first-order valence-corrected chi connectivity index (χ1v) is 6.08. The lowest BCUT2D eigenvalue weighted by Gasteiger charge is -2.17. The molecule has 7 heteroatoms. The Morgan fingerprint density at radius 2 is 2.10 bits per heavy atom. The number of carbonyl (C=O) groups is 2. The Kier molecular flexibility index (Phi) is 4.13. The Morgan fingerprint density at radius 3 is 2.71 bits per heavy atom. The number of hydrogen-bond acceptors (Lipinski definition) is 4. The summed E-state index contributed by atoms with van der Waals surface area (Å²) in [4.78, 5) is 24.3. The first kappa shape index (κ1) is 14.4. The van der Waals surface area contributed by atoms with Crippen LogP contribution >= 0.6 is 0 Å². The summed E-state index contributed by atoms with van der Waals surface area (Å²) in [6.45, 7) is 0.280. The smallest absolute Gasteiger partial charge is 0.339 e. The van der Waals surface area contributed by atoms with Crippen LogP contribution in [-0.2, 0) is 6.54 Å². The number of carbonyl (C=O) groups excluding carboxylic acids is 1. The fourth-order valence-corrected chi connectivity index (χ4v) is 1.71. The van der Waals surface area contributed by atoms with Gasteiger partial charge in [0.25, 0.3) is 0 Å². The third-order valence-electron chi connectivity index (χ3n) is 2.80. The minimum absolute atomic E-state index is 0.276. The molecule has 7 nitrogen and oxygen atoms in total. The zero-order valence-electron chi connectivity index (χ0n) is 11.2. The van der Waals surface area contributed by atoms with Gasteiger partial charge in [-0.2, -0.15) is 0 Å². The van der Waals surface area contributed by atoms with Crippen LogP contribution in [0.5, 0.6) is 5.75 Å². The maximum atomic E-state index is 12.0. The average Bonchev–Trinajstić information content (AvgIpc) is 2.93. The highest BCUT2D eigenvalue weighted by molar-refractivity contribution is 5.95. The van der Waals surface area contributed by atoms with Gasteiger partial charge in [-0.25, -0.2) is 9.59 Å². The third-order valence-corrected chi connectivity index (χ3v) is 2.80. The van der Waals surface area contributed by atoms with Crippen molar-refractivity contribution in [1.82, 2.24) is 4.90 Å². The van der Waals surface area contributed by atoms with Crippen LogP contribution in [0.1, 0.15) is 16.1 Å². The van der Waals surface area contributed by atoms with E-state index in [2.05, 4.69) is 5.32 Å². The molecular formula is C14H14N2O5. The van der Waals surface area contributed by atoms with E-state index in [1.807, 2.05) is 0 Å². The molecule has 0 aliphatic rings. The second kappa shape index (κ2) is 6.00. The number of amides is 2. The Labute approximate surface area is 120 Å². The number of nitrogens with zero attached hydrogens (tertiary/aromatic N) is 1. The maximum absolute atomic E-state index is 12.0. The van der Waals surface area contributed by atoms with Crippen LogP contribution in [0.2, 0.25) is 0 Å². The van der Waals surface area contributed by atoms with Crippen LogP contribution in [-0.4, -0.2) is 34.2 Å². The summed E-state index contributed by atoms with van der Waals surface area (Å²) in [6, 6.07) is 6.86. The van der Waals surface area contributed by atoms with Gasteiger partial charge in [-0.1, -0.05) is 0 Å². The fourth-order valence-electron chi connectivity index (χ4n) is 1.71. The van der Waals surface area contributed by atoms with Crippen molar-refractivity contribution in [3.05, 3.63) is 47.9 Å². The van der Waals surface area contributed by atoms with E-state index in [0.29, 0.717) is 5.76 Å². The maximum Gasteiger partial charge on any atom is 0.339 e. The zero-order valence-corrected chi connectivity index (χ0v) is 11.2. The summed E-state index contributed by atoms with van der Waals surface area (Å²) in [5, 5.41) is 20.9. The van der Waals surface area contributed by atoms with Crippen molar-refractivity contribution in [2.75, 3.05) is 12.4 Å². The van der Waals surface area contributed by atoms with E-state index in [0.717, 1.165) is 0 Å². The topological polar surface area (TPSA) is 103 Å². The number of urea groups is 1. The summed E-state index contributed by atoms with van der Waals surface area (Å²) < 4.78 is 5.14. The number of nitrogens with one attached hydrogen (secondary N) is 1. The molecule has 0 saturated carbocycles. The number of hydrogen-bond donors (Lipinski definition) is 3. The molecule has 1 heterocycles. The highest BCUT2D eigenvalue weighted by atomic mass is 16.4. The van der Waals surface area contributed by atoms with Crippen LogP contribution < -0.4 is 5.32 Å². The summed E-state index contributed by atoms with van der Waals surface area (Å²) in [5.41, 5.74) is 0.00276. The van der Waals surface area contributed by atoms with Gasteiger partial charge in [0, 0.05) is 12.7 Å². The van der Waals surface area contributed by atoms with Crippen molar-refractivity contribution in [3.8, 4) is 5.75 Å². The van der Waals surface area contributed by atoms with Gasteiger partial charge >= 0.3 is 12.0 Å². The van der Waals surface area contributed by atoms with Crippen molar-refractivity contribution in [3.63, 3.8) is 0 Å². The van der Waals surface area contributed by atoms with Gasteiger partial charge in [0.15, 0.2) is 0 Å². The van der Waals surface area contributed by atoms with Crippen molar-refractivity contribution < 1.29 is 24.2 Å². The Balaban J connectivity index is 2.05. The van der Waals surface area contributed by atoms with E-state index >= 15 is 0 Å². The highest BCUT2D eigenvalue weighted by Gasteiger charge is 2.14. The predicted octanol–water partition coefficient (Wildman–Crippen LogP) is 2.35. The van der Waals surface area contributed by atoms with Gasteiger partial charge in [-0.15, -0.1) is 0 Å². The van der Waals surface area contributed by atoms with Gasteiger partial charge in [-0.3, -0.25) is 0 Å². The first-order valence-electron chi connectivity index (χ1n) is 6.08. The largest absolute Gasteiger partial charge is 0.507 e. The van der Waals surface area contributed by atoms with Crippen molar-refractivity contribution in [2.24, 2.45) is 0 Å². The van der Waals surface area contributed by atoms with Gasteiger partial charge in [0.1, 0.15) is 17.1 Å². The molecule has 2 amide bonds. The number of aromatic carboxylic acids is 1. The van der Waals surface area contributed by atoms with Gasteiger partial charge in [-0.05, 0) is 30.3 Å². The second-order valence-corrected chi connectivity index (χ2v) is 4.40. The van der Waals surface area contributed by atoms with E-state index in [4.69, 9.17) is 9.52 Å². The Morgan fingerprint density at radius 1 is 1.33 bits per heavy atom. The lowest BCUT2D eigenvalue weighted by atomic mass is 10.2. The summed E-state index contributed by atoms with van der Waals surface area (Å²) in [6.07, 6.45) is 1.51. The van der Waals surface area contributed by atoms with E-state index in [-0.39, 0.29) is 23.5 Å². The minimum Gasteiger partial charge on any atom is -0.507 e. The van der Waals surface area contributed by atoms with Crippen LogP contribution in [0.4, 0.5) is 10.5 Å². The number of anilines is 1. The number of carboxylic acids is 1. The Hall–Kier alpha value is -2.96. The van der Waals surface area contributed by atoms with Gasteiger partial charge in [0.2, 0.25) is 0 Å². The van der Waals surface area contributed by atoms with Crippen molar-refractivity contribution in [2.45, 2.75) is 6.54 Å². The second-order valence-electron chi connectivity index (χ2n) is 4.40. The molecule has 1 aromatic carbocycles. The molecule has 0 spiro atoms. The Bertz CT molecular complexity index is 651. The van der Waals surface area contributed by atoms with E-state index in [9.17, 15) is 14.7 Å². The molecule has 21 heavy (non-hydrogen) atoms. The molecule has 0 unspecified atom stereocenters. The fraction of sp³-hybridized carbons (Fsp3) is 0.143. The summed E-state index contributed by atoms with van der Waals surface area (Å²) in [5.74, 6) is -0.999. The monoisotopic (exact) mass is 290 g/mol. The van der Waals surface area contributed by atoms with Crippen molar-refractivity contribution in [1.29, 1.82) is 0 Å². The third kappa shape index (κ3) is 3.53. The number of carboxylic acid groups (broad SMARTS) is 1. The summed E-state index contributed by atoms with van der Waals surface area (Å²) in [7, 11) is 1.58. The lowest BCUT2D eigenvalue weighted by molar-refractivity contribution is 0.0693. The molecule has 1 aromatic heterocycles.